The number of aryl methyl sites for hydroxylation is 2. The van der Waals surface area contributed by atoms with Crippen molar-refractivity contribution in [1.82, 2.24) is 0 Å². The lowest BCUT2D eigenvalue weighted by Gasteiger charge is -2.23. The van der Waals surface area contributed by atoms with Crippen molar-refractivity contribution in [1.29, 1.82) is 0 Å². The van der Waals surface area contributed by atoms with Crippen LogP contribution in [-0.4, -0.2) is 30.9 Å². The topological polar surface area (TPSA) is 75.7 Å². The van der Waals surface area contributed by atoms with Gasteiger partial charge < -0.3 is 15.0 Å². The fourth-order valence-electron chi connectivity index (χ4n) is 3.68. The number of carbonyl (C=O) groups is 3. The van der Waals surface area contributed by atoms with E-state index >= 15 is 0 Å². The number of nitrogens with zero attached hydrogens (tertiary/aromatic N) is 1. The molecule has 1 N–H and O–H groups in total. The third-order valence-electron chi connectivity index (χ3n) is 5.26. The summed E-state index contributed by atoms with van der Waals surface area (Å²) in [6.07, 6.45) is 1.63. The molecule has 0 radical (unpaired) electrons. The van der Waals surface area contributed by atoms with Crippen LogP contribution in [0.15, 0.2) is 36.4 Å². The molecule has 1 aliphatic heterocycles. The monoisotopic (exact) mass is 462 g/mol. The predicted molar refractivity (Wildman–Crippen MR) is 122 cm³/mol. The van der Waals surface area contributed by atoms with E-state index in [-0.39, 0.29) is 23.9 Å². The highest BCUT2D eigenvalue weighted by molar-refractivity contribution is 6.44. The molecule has 1 heterocycles. The second-order valence-corrected chi connectivity index (χ2v) is 8.08. The van der Waals surface area contributed by atoms with Crippen LogP contribution < -0.4 is 10.2 Å². The van der Waals surface area contributed by atoms with Crippen molar-refractivity contribution in [2.75, 3.05) is 23.4 Å². The maximum absolute atomic E-state index is 12.7. The maximum Gasteiger partial charge on any atom is 0.311 e. The summed E-state index contributed by atoms with van der Waals surface area (Å²) in [6.45, 7) is 3.84. The number of hydrogen-bond donors (Lipinski definition) is 1. The number of halogens is 2. The molecule has 1 saturated heterocycles. The Kier molecular flexibility index (Phi) is 7.57. The summed E-state index contributed by atoms with van der Waals surface area (Å²) in [5.41, 5.74) is 3.36. The molecule has 0 bridgehead atoms. The second kappa shape index (κ2) is 10.2. The molecule has 2 aromatic rings. The number of hydrogen-bond acceptors (Lipinski definition) is 4. The largest absolute Gasteiger partial charge is 0.455 e. The summed E-state index contributed by atoms with van der Waals surface area (Å²) in [7, 11) is 0. The molecule has 6 nitrogen and oxygen atoms in total. The standard InChI is InChI=1S/C23H24Cl2N2O4/c1-3-14-7-5-8-15(4-2)22(14)27-12-16(11-20(27)29)23(30)31-13-19(28)26-18-10-6-9-17(24)21(18)25/h5-10,16H,3-4,11-13H2,1-2H3,(H,26,28)/t16-/m1/s1. The quantitative estimate of drug-likeness (QED) is 0.607. The van der Waals surface area contributed by atoms with Crippen LogP contribution in [0.5, 0.6) is 0 Å². The minimum atomic E-state index is -0.621. The lowest BCUT2D eigenvalue weighted by molar-refractivity contribution is -0.151. The van der Waals surface area contributed by atoms with Crippen molar-refractivity contribution in [3.63, 3.8) is 0 Å². The Morgan fingerprint density at radius 2 is 1.74 bits per heavy atom. The van der Waals surface area contributed by atoms with Crippen molar-refractivity contribution in [2.24, 2.45) is 5.92 Å². The lowest BCUT2D eigenvalue weighted by Crippen LogP contribution is -2.29. The number of rotatable bonds is 7. The van der Waals surface area contributed by atoms with Gasteiger partial charge >= 0.3 is 5.97 Å². The summed E-state index contributed by atoms with van der Waals surface area (Å²) in [5.74, 6) is -1.85. The van der Waals surface area contributed by atoms with Crippen molar-refractivity contribution in [2.45, 2.75) is 33.1 Å². The Morgan fingerprint density at radius 3 is 2.39 bits per heavy atom. The highest BCUT2D eigenvalue weighted by Gasteiger charge is 2.37. The SMILES string of the molecule is CCc1cccc(CC)c1N1C[C@H](C(=O)OCC(=O)Nc2cccc(Cl)c2Cl)CC1=O. The van der Waals surface area contributed by atoms with Crippen LogP contribution in [0.4, 0.5) is 11.4 Å². The predicted octanol–water partition coefficient (Wildman–Crippen LogP) is 4.65. The van der Waals surface area contributed by atoms with E-state index in [1.807, 2.05) is 32.0 Å². The van der Waals surface area contributed by atoms with E-state index in [4.69, 9.17) is 27.9 Å². The molecule has 2 amide bonds. The van der Waals surface area contributed by atoms with Crippen molar-refractivity contribution in [3.05, 3.63) is 57.6 Å². The number of esters is 1. The van der Waals surface area contributed by atoms with Crippen LogP contribution in [-0.2, 0) is 32.0 Å². The summed E-state index contributed by atoms with van der Waals surface area (Å²) in [6, 6.07) is 10.8. The molecule has 1 atom stereocenters. The van der Waals surface area contributed by atoms with Gasteiger partial charge in [0.05, 0.1) is 21.7 Å². The normalized spacial score (nSPS) is 15.8. The molecule has 0 saturated carbocycles. The fourth-order valence-corrected chi connectivity index (χ4v) is 4.03. The molecule has 0 aromatic heterocycles. The highest BCUT2D eigenvalue weighted by atomic mass is 35.5. The first-order chi connectivity index (χ1) is 14.8. The van der Waals surface area contributed by atoms with Crippen molar-refractivity contribution >= 4 is 52.4 Å². The van der Waals surface area contributed by atoms with E-state index in [9.17, 15) is 14.4 Å². The van der Waals surface area contributed by atoms with Crippen LogP contribution >= 0.6 is 23.2 Å². The van der Waals surface area contributed by atoms with E-state index in [2.05, 4.69) is 5.32 Å². The van der Waals surface area contributed by atoms with Crippen LogP contribution in [0, 0.1) is 5.92 Å². The first-order valence-corrected chi connectivity index (χ1v) is 10.9. The molecule has 3 rings (SSSR count). The zero-order chi connectivity index (χ0) is 22.5. The van der Waals surface area contributed by atoms with Gasteiger partial charge in [0.15, 0.2) is 6.61 Å². The minimum Gasteiger partial charge on any atom is -0.455 e. The number of benzene rings is 2. The van der Waals surface area contributed by atoms with Gasteiger partial charge in [0.25, 0.3) is 5.91 Å². The number of ether oxygens (including phenoxy) is 1. The minimum absolute atomic E-state index is 0.0573. The lowest BCUT2D eigenvalue weighted by atomic mass is 10.0. The summed E-state index contributed by atoms with van der Waals surface area (Å²) < 4.78 is 5.17. The van der Waals surface area contributed by atoms with Gasteiger partial charge in [-0.05, 0) is 36.1 Å². The fraction of sp³-hybridized carbons (Fsp3) is 0.348. The molecule has 164 valence electrons. The van der Waals surface area contributed by atoms with Gasteiger partial charge in [-0.15, -0.1) is 0 Å². The van der Waals surface area contributed by atoms with E-state index in [0.29, 0.717) is 10.7 Å². The summed E-state index contributed by atoms with van der Waals surface area (Å²) >= 11 is 12.0. The Labute approximate surface area is 191 Å². The zero-order valence-corrected chi connectivity index (χ0v) is 18.9. The molecule has 2 aromatic carbocycles. The van der Waals surface area contributed by atoms with Crippen molar-refractivity contribution < 1.29 is 19.1 Å². The second-order valence-electron chi connectivity index (χ2n) is 7.29. The zero-order valence-electron chi connectivity index (χ0n) is 17.4. The molecule has 1 fully saturated rings. The molecule has 0 spiro atoms. The Bertz CT molecular complexity index is 987. The van der Waals surface area contributed by atoms with E-state index in [0.717, 1.165) is 29.7 Å². The average Bonchev–Trinajstić information content (AvgIpc) is 3.15. The van der Waals surface area contributed by atoms with Gasteiger partial charge in [-0.1, -0.05) is 61.3 Å². The van der Waals surface area contributed by atoms with Crippen LogP contribution in [0.1, 0.15) is 31.4 Å². The molecule has 0 aliphatic carbocycles. The van der Waals surface area contributed by atoms with E-state index < -0.39 is 24.4 Å². The third-order valence-corrected chi connectivity index (χ3v) is 6.08. The van der Waals surface area contributed by atoms with E-state index in [1.54, 1.807) is 23.1 Å². The molecular weight excluding hydrogens is 439 g/mol. The molecular formula is C23H24Cl2N2O4. The van der Waals surface area contributed by atoms with Gasteiger partial charge in [0.1, 0.15) is 0 Å². The van der Waals surface area contributed by atoms with Crippen LogP contribution in [0.25, 0.3) is 0 Å². The van der Waals surface area contributed by atoms with Gasteiger partial charge in [-0.25, -0.2) is 0 Å². The molecule has 8 heteroatoms. The summed E-state index contributed by atoms with van der Waals surface area (Å²) in [5, 5.41) is 3.08. The number of anilines is 2. The summed E-state index contributed by atoms with van der Waals surface area (Å²) in [4.78, 5) is 39.0. The van der Waals surface area contributed by atoms with Gasteiger partial charge in [0, 0.05) is 18.7 Å². The average molecular weight is 463 g/mol. The van der Waals surface area contributed by atoms with Gasteiger partial charge in [-0.2, -0.15) is 0 Å². The van der Waals surface area contributed by atoms with E-state index in [1.165, 1.54) is 0 Å². The van der Waals surface area contributed by atoms with Gasteiger partial charge in [-0.3, -0.25) is 14.4 Å². The Morgan fingerprint density at radius 1 is 1.10 bits per heavy atom. The van der Waals surface area contributed by atoms with Crippen molar-refractivity contribution in [3.8, 4) is 0 Å². The Balaban J connectivity index is 1.62. The Hall–Kier alpha value is -2.57. The highest BCUT2D eigenvalue weighted by Crippen LogP contribution is 2.33. The third kappa shape index (κ3) is 5.20. The smallest absolute Gasteiger partial charge is 0.311 e. The first kappa shape index (κ1) is 23.1. The first-order valence-electron chi connectivity index (χ1n) is 10.2. The molecule has 1 aliphatic rings. The van der Waals surface area contributed by atoms with Gasteiger partial charge in [0.2, 0.25) is 5.91 Å². The van der Waals surface area contributed by atoms with Crippen LogP contribution in [0.2, 0.25) is 10.0 Å². The number of carbonyl (C=O) groups excluding carboxylic acids is 3. The van der Waals surface area contributed by atoms with Crippen LogP contribution in [0.3, 0.4) is 0 Å². The molecule has 31 heavy (non-hydrogen) atoms. The number of nitrogens with one attached hydrogen (secondary N) is 1. The number of amides is 2. The maximum atomic E-state index is 12.7. The molecule has 0 unspecified atom stereocenters. The number of para-hydroxylation sites is 1.